The minimum absolute atomic E-state index is 0.0103. The van der Waals surface area contributed by atoms with Crippen LogP contribution in [0.1, 0.15) is 0 Å². The summed E-state index contributed by atoms with van der Waals surface area (Å²) in [5.74, 6) is 3.56. The van der Waals surface area contributed by atoms with E-state index in [-0.39, 0.29) is 13.2 Å². The molecule has 1 N–H and O–H groups in total. The van der Waals surface area contributed by atoms with Crippen molar-refractivity contribution in [3.8, 4) is 17.6 Å². The second-order valence-corrected chi connectivity index (χ2v) is 6.61. The van der Waals surface area contributed by atoms with Gasteiger partial charge < -0.3 is 4.74 Å². The van der Waals surface area contributed by atoms with E-state index in [0.717, 1.165) is 12.1 Å². The van der Waals surface area contributed by atoms with Gasteiger partial charge in [-0.1, -0.05) is 35.6 Å². The molecule has 8 heteroatoms. The summed E-state index contributed by atoms with van der Waals surface area (Å²) < 4.78 is 57.4. The minimum Gasteiger partial charge on any atom is -0.479 e. The van der Waals surface area contributed by atoms with E-state index in [2.05, 4.69) is 16.6 Å². The van der Waals surface area contributed by atoms with Gasteiger partial charge in [0.15, 0.2) is 0 Å². The number of halogens is 3. The van der Waals surface area contributed by atoms with Crippen LogP contribution in [0.5, 0.6) is 5.75 Å². The van der Waals surface area contributed by atoms with Crippen LogP contribution in [0.15, 0.2) is 47.4 Å². The maximum Gasteiger partial charge on any atom is 0.244 e. The maximum absolute atomic E-state index is 13.5. The van der Waals surface area contributed by atoms with Gasteiger partial charge in [-0.3, -0.25) is 0 Å². The van der Waals surface area contributed by atoms with E-state index in [1.165, 1.54) is 0 Å². The summed E-state index contributed by atoms with van der Waals surface area (Å²) >= 11 is 5.89. The van der Waals surface area contributed by atoms with Gasteiger partial charge in [-0.2, -0.15) is 4.72 Å². The van der Waals surface area contributed by atoms with Crippen LogP contribution in [-0.2, 0) is 10.0 Å². The summed E-state index contributed by atoms with van der Waals surface area (Å²) in [7, 11) is -4.11. The van der Waals surface area contributed by atoms with Crippen molar-refractivity contribution in [2.75, 3.05) is 13.2 Å². The lowest BCUT2D eigenvalue weighted by molar-refractivity contribution is 0.370. The Labute approximate surface area is 143 Å². The number of sulfonamides is 1. The summed E-state index contributed by atoms with van der Waals surface area (Å²) in [5, 5.41) is 0.437. The SMILES string of the molecule is O=S(=O)(NCC#CCOc1ccccc1Cl)c1ccc(F)cc1F. The van der Waals surface area contributed by atoms with E-state index in [0.29, 0.717) is 16.8 Å². The van der Waals surface area contributed by atoms with Crippen molar-refractivity contribution in [2.45, 2.75) is 4.90 Å². The van der Waals surface area contributed by atoms with Gasteiger partial charge in [-0.25, -0.2) is 17.2 Å². The molecule has 126 valence electrons. The molecule has 0 spiro atoms. The Bertz CT molecular complexity index is 892. The fourth-order valence-corrected chi connectivity index (χ4v) is 2.86. The van der Waals surface area contributed by atoms with Crippen molar-refractivity contribution in [1.82, 2.24) is 4.72 Å². The molecule has 4 nitrogen and oxygen atoms in total. The van der Waals surface area contributed by atoms with Crippen LogP contribution in [0.2, 0.25) is 5.02 Å². The largest absolute Gasteiger partial charge is 0.479 e. The van der Waals surface area contributed by atoms with Crippen molar-refractivity contribution in [3.05, 3.63) is 59.1 Å². The Balaban J connectivity index is 1.89. The van der Waals surface area contributed by atoms with E-state index in [1.54, 1.807) is 24.3 Å². The van der Waals surface area contributed by atoms with Crippen LogP contribution in [0.4, 0.5) is 8.78 Å². The predicted octanol–water partition coefficient (Wildman–Crippen LogP) is 2.98. The molecule has 0 heterocycles. The lowest BCUT2D eigenvalue weighted by atomic mass is 10.3. The van der Waals surface area contributed by atoms with Crippen molar-refractivity contribution in [2.24, 2.45) is 0 Å². The molecule has 0 saturated carbocycles. The van der Waals surface area contributed by atoms with Crippen molar-refractivity contribution in [1.29, 1.82) is 0 Å². The van der Waals surface area contributed by atoms with E-state index in [4.69, 9.17) is 16.3 Å². The molecule has 24 heavy (non-hydrogen) atoms. The van der Waals surface area contributed by atoms with E-state index < -0.39 is 26.6 Å². The first-order valence-electron chi connectivity index (χ1n) is 6.68. The highest BCUT2D eigenvalue weighted by molar-refractivity contribution is 7.89. The highest BCUT2D eigenvalue weighted by Gasteiger charge is 2.18. The molecule has 0 aliphatic rings. The average molecular weight is 372 g/mol. The van der Waals surface area contributed by atoms with Crippen LogP contribution in [0.3, 0.4) is 0 Å². The summed E-state index contributed by atoms with van der Waals surface area (Å²) in [4.78, 5) is -0.641. The number of hydrogen-bond donors (Lipinski definition) is 1. The van der Waals surface area contributed by atoms with Gasteiger partial charge in [0.2, 0.25) is 10.0 Å². The van der Waals surface area contributed by atoms with Gasteiger partial charge in [-0.15, -0.1) is 0 Å². The molecule has 0 fully saturated rings. The fourth-order valence-electron chi connectivity index (χ4n) is 1.69. The maximum atomic E-state index is 13.5. The topological polar surface area (TPSA) is 55.4 Å². The smallest absolute Gasteiger partial charge is 0.244 e. The Kier molecular flexibility index (Phi) is 6.15. The van der Waals surface area contributed by atoms with Gasteiger partial charge in [0, 0.05) is 6.07 Å². The third-order valence-electron chi connectivity index (χ3n) is 2.80. The lowest BCUT2D eigenvalue weighted by Gasteiger charge is -2.05. The standard InChI is InChI=1S/C16H12ClF2NO3S/c17-13-5-1-2-6-15(13)23-10-4-3-9-20-24(21,22)16-8-7-12(18)11-14(16)19/h1-2,5-8,11,20H,9-10H2. The molecule has 0 bridgehead atoms. The van der Waals surface area contributed by atoms with Gasteiger partial charge in [0.1, 0.15) is 28.9 Å². The summed E-state index contributed by atoms with van der Waals surface area (Å²) in [6, 6.07) is 9.04. The summed E-state index contributed by atoms with van der Waals surface area (Å²) in [5.41, 5.74) is 0. The number of nitrogens with one attached hydrogen (secondary N) is 1. The summed E-state index contributed by atoms with van der Waals surface area (Å²) in [6.45, 7) is -0.235. The Morgan fingerprint density at radius 1 is 1.12 bits per heavy atom. The van der Waals surface area contributed by atoms with Crippen LogP contribution < -0.4 is 9.46 Å². The van der Waals surface area contributed by atoms with Crippen LogP contribution >= 0.6 is 11.6 Å². The van der Waals surface area contributed by atoms with Gasteiger partial charge in [0.05, 0.1) is 11.6 Å². The van der Waals surface area contributed by atoms with Gasteiger partial charge in [0.25, 0.3) is 0 Å². The highest BCUT2D eigenvalue weighted by atomic mass is 35.5. The normalized spacial score (nSPS) is 10.8. The Morgan fingerprint density at radius 2 is 1.88 bits per heavy atom. The number of benzene rings is 2. The molecule has 0 aromatic heterocycles. The van der Waals surface area contributed by atoms with Crippen LogP contribution in [0, 0.1) is 23.5 Å². The Morgan fingerprint density at radius 3 is 2.58 bits per heavy atom. The number of hydrogen-bond acceptors (Lipinski definition) is 3. The van der Waals surface area contributed by atoms with Crippen LogP contribution in [-0.4, -0.2) is 21.6 Å². The number of rotatable bonds is 5. The van der Waals surface area contributed by atoms with Gasteiger partial charge >= 0.3 is 0 Å². The first kappa shape index (κ1) is 18.2. The molecular formula is C16H12ClF2NO3S. The molecule has 0 saturated heterocycles. The molecule has 0 amide bonds. The molecular weight excluding hydrogens is 360 g/mol. The highest BCUT2D eigenvalue weighted by Crippen LogP contribution is 2.22. The predicted molar refractivity (Wildman–Crippen MR) is 86.3 cm³/mol. The fraction of sp³-hybridized carbons (Fsp3) is 0.125. The molecule has 2 aromatic rings. The summed E-state index contributed by atoms with van der Waals surface area (Å²) in [6.07, 6.45) is 0. The average Bonchev–Trinajstić information content (AvgIpc) is 2.52. The second kappa shape index (κ2) is 8.11. The first-order valence-corrected chi connectivity index (χ1v) is 8.54. The molecule has 0 aliphatic carbocycles. The van der Waals surface area contributed by atoms with E-state index >= 15 is 0 Å². The molecule has 2 aromatic carbocycles. The molecule has 2 rings (SSSR count). The molecule has 0 aliphatic heterocycles. The third kappa shape index (κ3) is 4.93. The van der Waals surface area contributed by atoms with E-state index in [1.807, 2.05) is 0 Å². The monoisotopic (exact) mass is 371 g/mol. The Hall–Kier alpha value is -2.14. The lowest BCUT2D eigenvalue weighted by Crippen LogP contribution is -2.25. The zero-order chi connectivity index (χ0) is 17.6. The number of ether oxygens (including phenoxy) is 1. The quantitative estimate of drug-likeness (QED) is 0.822. The third-order valence-corrected chi connectivity index (χ3v) is 4.54. The number of para-hydroxylation sites is 1. The molecule has 0 atom stereocenters. The first-order chi connectivity index (χ1) is 11.4. The van der Waals surface area contributed by atoms with Crippen molar-refractivity contribution in [3.63, 3.8) is 0 Å². The van der Waals surface area contributed by atoms with Gasteiger partial charge in [-0.05, 0) is 24.3 Å². The minimum atomic E-state index is -4.11. The van der Waals surface area contributed by atoms with E-state index in [9.17, 15) is 17.2 Å². The molecule has 0 unspecified atom stereocenters. The second-order valence-electron chi connectivity index (χ2n) is 4.47. The van der Waals surface area contributed by atoms with Crippen molar-refractivity contribution >= 4 is 21.6 Å². The zero-order valence-electron chi connectivity index (χ0n) is 12.2. The molecule has 0 radical (unpaired) electrons. The van der Waals surface area contributed by atoms with Crippen molar-refractivity contribution < 1.29 is 21.9 Å². The zero-order valence-corrected chi connectivity index (χ0v) is 13.8. The van der Waals surface area contributed by atoms with Crippen LogP contribution in [0.25, 0.3) is 0 Å².